The van der Waals surface area contributed by atoms with Crippen molar-refractivity contribution in [2.45, 2.75) is 39.7 Å². The normalized spacial score (nSPS) is 16.4. The van der Waals surface area contributed by atoms with Crippen molar-refractivity contribution in [2.24, 2.45) is 5.92 Å². The SMILES string of the molecule is CCc1cccnc1CNC(=O)N1CCC(C)CC1. The summed E-state index contributed by atoms with van der Waals surface area (Å²) in [6, 6.07) is 4.05. The van der Waals surface area contributed by atoms with Gasteiger partial charge in [-0.05, 0) is 36.8 Å². The molecule has 104 valence electrons. The summed E-state index contributed by atoms with van der Waals surface area (Å²) in [5, 5.41) is 2.98. The molecule has 2 amide bonds. The predicted molar refractivity (Wildman–Crippen MR) is 75.8 cm³/mol. The fourth-order valence-corrected chi connectivity index (χ4v) is 2.44. The molecule has 1 N–H and O–H groups in total. The van der Waals surface area contributed by atoms with E-state index in [1.165, 1.54) is 5.56 Å². The lowest BCUT2D eigenvalue weighted by atomic mass is 10.00. The van der Waals surface area contributed by atoms with Crippen LogP contribution in [0.2, 0.25) is 0 Å². The summed E-state index contributed by atoms with van der Waals surface area (Å²) in [5.41, 5.74) is 2.18. The van der Waals surface area contributed by atoms with Crippen LogP contribution in [0.15, 0.2) is 18.3 Å². The molecule has 0 aliphatic carbocycles. The number of pyridine rings is 1. The van der Waals surface area contributed by atoms with Gasteiger partial charge in [0.05, 0.1) is 12.2 Å². The molecule has 0 bridgehead atoms. The second-order valence-corrected chi connectivity index (χ2v) is 5.29. The van der Waals surface area contributed by atoms with Gasteiger partial charge in [-0.2, -0.15) is 0 Å². The number of aryl methyl sites for hydroxylation is 1. The Balaban J connectivity index is 1.86. The monoisotopic (exact) mass is 261 g/mol. The number of piperidine rings is 1. The largest absolute Gasteiger partial charge is 0.332 e. The molecular weight excluding hydrogens is 238 g/mol. The Kier molecular flexibility index (Phi) is 4.77. The number of amides is 2. The number of carbonyl (C=O) groups is 1. The van der Waals surface area contributed by atoms with Gasteiger partial charge in [-0.15, -0.1) is 0 Å². The number of hydrogen-bond acceptors (Lipinski definition) is 2. The van der Waals surface area contributed by atoms with Crippen molar-refractivity contribution in [2.75, 3.05) is 13.1 Å². The zero-order valence-electron chi connectivity index (χ0n) is 11.9. The molecule has 2 heterocycles. The molecule has 1 aliphatic rings. The summed E-state index contributed by atoms with van der Waals surface area (Å²) >= 11 is 0. The van der Waals surface area contributed by atoms with E-state index in [9.17, 15) is 4.79 Å². The predicted octanol–water partition coefficient (Wildman–Crippen LogP) is 2.59. The molecule has 0 unspecified atom stereocenters. The third-order valence-electron chi connectivity index (χ3n) is 3.84. The molecule has 1 saturated heterocycles. The van der Waals surface area contributed by atoms with Gasteiger partial charge in [0, 0.05) is 19.3 Å². The van der Waals surface area contributed by atoms with Crippen LogP contribution < -0.4 is 5.32 Å². The number of carbonyl (C=O) groups excluding carboxylic acids is 1. The van der Waals surface area contributed by atoms with Crippen LogP contribution in [0.5, 0.6) is 0 Å². The van der Waals surface area contributed by atoms with Gasteiger partial charge in [0.2, 0.25) is 0 Å². The Hall–Kier alpha value is -1.58. The highest BCUT2D eigenvalue weighted by Crippen LogP contribution is 2.16. The smallest absolute Gasteiger partial charge is 0.317 e. The van der Waals surface area contributed by atoms with Crippen LogP contribution in [0.3, 0.4) is 0 Å². The quantitative estimate of drug-likeness (QED) is 0.909. The first-order chi connectivity index (χ1) is 9.20. The van der Waals surface area contributed by atoms with Crippen molar-refractivity contribution >= 4 is 6.03 Å². The van der Waals surface area contributed by atoms with Crippen LogP contribution in [0, 0.1) is 5.92 Å². The molecule has 0 spiro atoms. The van der Waals surface area contributed by atoms with Crippen molar-refractivity contribution in [3.05, 3.63) is 29.6 Å². The summed E-state index contributed by atoms with van der Waals surface area (Å²) in [4.78, 5) is 18.3. The van der Waals surface area contributed by atoms with E-state index in [2.05, 4.69) is 30.2 Å². The van der Waals surface area contributed by atoms with E-state index in [-0.39, 0.29) is 6.03 Å². The van der Waals surface area contributed by atoms with Crippen molar-refractivity contribution in [3.8, 4) is 0 Å². The van der Waals surface area contributed by atoms with E-state index >= 15 is 0 Å². The molecule has 19 heavy (non-hydrogen) atoms. The van der Waals surface area contributed by atoms with Gasteiger partial charge in [-0.3, -0.25) is 4.98 Å². The summed E-state index contributed by atoms with van der Waals surface area (Å²) < 4.78 is 0. The fraction of sp³-hybridized carbons (Fsp3) is 0.600. The van der Waals surface area contributed by atoms with E-state index in [0.29, 0.717) is 6.54 Å². The molecule has 0 atom stereocenters. The maximum absolute atomic E-state index is 12.1. The molecule has 0 radical (unpaired) electrons. The second kappa shape index (κ2) is 6.55. The minimum Gasteiger partial charge on any atom is -0.332 e. The summed E-state index contributed by atoms with van der Waals surface area (Å²) in [6.45, 7) is 6.62. The molecule has 1 aromatic rings. The van der Waals surface area contributed by atoms with Crippen LogP contribution >= 0.6 is 0 Å². The number of nitrogens with zero attached hydrogens (tertiary/aromatic N) is 2. The first kappa shape index (κ1) is 13.8. The van der Waals surface area contributed by atoms with Gasteiger partial charge in [0.15, 0.2) is 0 Å². The Morgan fingerprint density at radius 1 is 1.47 bits per heavy atom. The van der Waals surface area contributed by atoms with Crippen molar-refractivity contribution in [1.82, 2.24) is 15.2 Å². The average molecular weight is 261 g/mol. The number of urea groups is 1. The minimum absolute atomic E-state index is 0.0413. The van der Waals surface area contributed by atoms with Gasteiger partial charge < -0.3 is 10.2 Å². The van der Waals surface area contributed by atoms with Gasteiger partial charge in [-0.1, -0.05) is 19.9 Å². The molecule has 0 aromatic carbocycles. The standard InChI is InChI=1S/C15H23N3O/c1-3-13-5-4-8-16-14(13)11-17-15(19)18-9-6-12(2)7-10-18/h4-5,8,12H,3,6-7,9-11H2,1-2H3,(H,17,19). The number of rotatable bonds is 3. The van der Waals surface area contributed by atoms with E-state index in [4.69, 9.17) is 0 Å². The second-order valence-electron chi connectivity index (χ2n) is 5.29. The fourth-order valence-electron chi connectivity index (χ4n) is 2.44. The first-order valence-electron chi connectivity index (χ1n) is 7.16. The lowest BCUT2D eigenvalue weighted by molar-refractivity contribution is 0.173. The number of likely N-dealkylation sites (tertiary alicyclic amines) is 1. The van der Waals surface area contributed by atoms with Crippen LogP contribution in [-0.4, -0.2) is 29.0 Å². The van der Waals surface area contributed by atoms with Crippen LogP contribution in [-0.2, 0) is 13.0 Å². The molecule has 0 saturated carbocycles. The lowest BCUT2D eigenvalue weighted by Crippen LogP contribution is -2.44. The zero-order chi connectivity index (χ0) is 13.7. The van der Waals surface area contributed by atoms with E-state index in [1.807, 2.05) is 11.0 Å². The number of hydrogen-bond donors (Lipinski definition) is 1. The van der Waals surface area contributed by atoms with Crippen molar-refractivity contribution in [1.29, 1.82) is 0 Å². The summed E-state index contributed by atoms with van der Waals surface area (Å²) in [6.07, 6.45) is 4.94. The molecule has 1 aromatic heterocycles. The Labute approximate surface area is 115 Å². The molecule has 4 heteroatoms. The minimum atomic E-state index is 0.0413. The highest BCUT2D eigenvalue weighted by molar-refractivity contribution is 5.74. The van der Waals surface area contributed by atoms with Crippen LogP contribution in [0.4, 0.5) is 4.79 Å². The van der Waals surface area contributed by atoms with E-state index in [1.54, 1.807) is 6.20 Å². The van der Waals surface area contributed by atoms with Crippen molar-refractivity contribution < 1.29 is 4.79 Å². The van der Waals surface area contributed by atoms with E-state index in [0.717, 1.165) is 44.0 Å². The number of aromatic nitrogens is 1. The first-order valence-corrected chi connectivity index (χ1v) is 7.16. The topological polar surface area (TPSA) is 45.2 Å². The van der Waals surface area contributed by atoms with Gasteiger partial charge in [0.25, 0.3) is 0 Å². The maximum atomic E-state index is 12.1. The van der Waals surface area contributed by atoms with Crippen LogP contribution in [0.1, 0.15) is 37.9 Å². The van der Waals surface area contributed by atoms with Crippen LogP contribution in [0.25, 0.3) is 0 Å². The molecule has 2 rings (SSSR count). The molecule has 1 fully saturated rings. The van der Waals surface area contributed by atoms with Gasteiger partial charge >= 0.3 is 6.03 Å². The zero-order valence-corrected chi connectivity index (χ0v) is 11.9. The Morgan fingerprint density at radius 3 is 2.89 bits per heavy atom. The molecular formula is C15H23N3O. The third-order valence-corrected chi connectivity index (χ3v) is 3.84. The summed E-state index contributed by atoms with van der Waals surface area (Å²) in [5.74, 6) is 0.742. The van der Waals surface area contributed by atoms with Gasteiger partial charge in [-0.25, -0.2) is 4.79 Å². The molecule has 1 aliphatic heterocycles. The summed E-state index contributed by atoms with van der Waals surface area (Å²) in [7, 11) is 0. The highest BCUT2D eigenvalue weighted by atomic mass is 16.2. The van der Waals surface area contributed by atoms with E-state index < -0.39 is 0 Å². The number of nitrogens with one attached hydrogen (secondary N) is 1. The van der Waals surface area contributed by atoms with Crippen molar-refractivity contribution in [3.63, 3.8) is 0 Å². The lowest BCUT2D eigenvalue weighted by Gasteiger charge is -2.30. The molecule has 4 nitrogen and oxygen atoms in total. The highest BCUT2D eigenvalue weighted by Gasteiger charge is 2.20. The third kappa shape index (κ3) is 3.69. The van der Waals surface area contributed by atoms with Gasteiger partial charge in [0.1, 0.15) is 0 Å². The Morgan fingerprint density at radius 2 is 2.21 bits per heavy atom. The Bertz CT molecular complexity index is 425. The maximum Gasteiger partial charge on any atom is 0.317 e. The average Bonchev–Trinajstić information content (AvgIpc) is 2.45.